The van der Waals surface area contributed by atoms with E-state index in [2.05, 4.69) is 10.1 Å². The molecule has 174 valence electrons. The van der Waals surface area contributed by atoms with Crippen LogP contribution in [0, 0.1) is 10.1 Å². The molecule has 34 heavy (non-hydrogen) atoms. The van der Waals surface area contributed by atoms with Crippen molar-refractivity contribution in [1.29, 1.82) is 0 Å². The van der Waals surface area contributed by atoms with Gasteiger partial charge in [-0.15, -0.1) is 0 Å². The molecular formula is C24H22N4O6. The van der Waals surface area contributed by atoms with Crippen LogP contribution in [0.3, 0.4) is 0 Å². The average Bonchev–Trinajstić information content (AvgIpc) is 3.55. The molecule has 0 aliphatic heterocycles. The van der Waals surface area contributed by atoms with Gasteiger partial charge >= 0.3 is 0 Å². The van der Waals surface area contributed by atoms with Gasteiger partial charge in [0.25, 0.3) is 5.69 Å². The number of amides is 1. The number of non-ortho nitro benzene ring substituents is 1. The first-order chi connectivity index (χ1) is 16.6. The quantitative estimate of drug-likeness (QED) is 0.242. The van der Waals surface area contributed by atoms with E-state index in [0.717, 1.165) is 5.56 Å². The van der Waals surface area contributed by atoms with Gasteiger partial charge in [-0.3, -0.25) is 14.9 Å². The highest BCUT2D eigenvalue weighted by Crippen LogP contribution is 2.21. The third-order valence-corrected chi connectivity index (χ3v) is 5.00. The Labute approximate surface area is 194 Å². The molecule has 2 aromatic carbocycles. The summed E-state index contributed by atoms with van der Waals surface area (Å²) in [6.07, 6.45) is 1.85. The van der Waals surface area contributed by atoms with Crippen LogP contribution in [0.15, 0.2) is 81.9 Å². The molecule has 0 fully saturated rings. The molecule has 0 saturated carbocycles. The fourth-order valence-electron chi connectivity index (χ4n) is 3.27. The normalized spacial score (nSPS) is 10.8. The second kappa shape index (κ2) is 11.0. The highest BCUT2D eigenvalue weighted by molar-refractivity contribution is 5.77. The Morgan fingerprint density at radius 1 is 1.09 bits per heavy atom. The van der Waals surface area contributed by atoms with E-state index in [4.69, 9.17) is 13.7 Å². The van der Waals surface area contributed by atoms with Crippen LogP contribution in [0.2, 0.25) is 0 Å². The van der Waals surface area contributed by atoms with Crippen molar-refractivity contribution in [2.24, 2.45) is 0 Å². The van der Waals surface area contributed by atoms with Crippen molar-refractivity contribution in [3.63, 3.8) is 0 Å². The molecule has 0 aliphatic rings. The molecule has 4 aromatic rings. The zero-order valence-corrected chi connectivity index (χ0v) is 18.2. The summed E-state index contributed by atoms with van der Waals surface area (Å²) in [7, 11) is 0. The third-order valence-electron chi connectivity index (χ3n) is 5.00. The Bertz CT molecular complexity index is 1220. The average molecular weight is 462 g/mol. The largest absolute Gasteiger partial charge is 0.467 e. The summed E-state index contributed by atoms with van der Waals surface area (Å²) in [5, 5.41) is 14.9. The van der Waals surface area contributed by atoms with Gasteiger partial charge in [0.1, 0.15) is 12.4 Å². The molecule has 2 heterocycles. The molecule has 0 N–H and O–H groups in total. The van der Waals surface area contributed by atoms with Gasteiger partial charge in [-0.05, 0) is 17.7 Å². The van der Waals surface area contributed by atoms with Gasteiger partial charge < -0.3 is 18.6 Å². The van der Waals surface area contributed by atoms with Crippen LogP contribution in [0.1, 0.15) is 17.2 Å². The first-order valence-corrected chi connectivity index (χ1v) is 10.6. The lowest BCUT2D eigenvalue weighted by Crippen LogP contribution is -2.35. The predicted octanol–water partition coefficient (Wildman–Crippen LogP) is 4.03. The lowest BCUT2D eigenvalue weighted by atomic mass is 10.2. The lowest BCUT2D eigenvalue weighted by Gasteiger charge is -2.21. The lowest BCUT2D eigenvalue weighted by molar-refractivity contribution is -0.384. The molecule has 0 atom stereocenters. The van der Waals surface area contributed by atoms with E-state index in [1.807, 2.05) is 30.3 Å². The van der Waals surface area contributed by atoms with Gasteiger partial charge in [-0.1, -0.05) is 47.6 Å². The molecule has 0 aliphatic carbocycles. The molecule has 10 heteroatoms. The monoisotopic (exact) mass is 462 g/mol. The maximum atomic E-state index is 12.8. The van der Waals surface area contributed by atoms with Gasteiger partial charge in [-0.25, -0.2) is 0 Å². The van der Waals surface area contributed by atoms with Crippen LogP contribution >= 0.6 is 0 Å². The topological polar surface area (TPSA) is 125 Å². The summed E-state index contributed by atoms with van der Waals surface area (Å²) in [6.45, 7) is 0.812. The smallest absolute Gasteiger partial charge is 0.270 e. The van der Waals surface area contributed by atoms with Crippen LogP contribution < -0.4 is 0 Å². The number of furan rings is 1. The fraction of sp³-hybridized carbons (Fsp3) is 0.208. The molecule has 0 unspecified atom stereocenters. The standard InChI is InChI=1S/C24H22N4O6/c29-23(17-32-16-18-6-2-1-3-7-18)27(15-21-10-5-13-33-21)12-11-22-25-24(26-34-22)19-8-4-9-20(14-19)28(30)31/h1-10,13-14H,11-12,15-17H2. The molecule has 0 radical (unpaired) electrons. The minimum absolute atomic E-state index is 0.0606. The van der Waals surface area contributed by atoms with Crippen LogP contribution in [0.5, 0.6) is 0 Å². The van der Waals surface area contributed by atoms with Crippen molar-refractivity contribution in [3.8, 4) is 11.4 Å². The Balaban J connectivity index is 1.38. The SMILES string of the molecule is O=C(COCc1ccccc1)N(CCc1nc(-c2cccc([N+](=O)[O-])c2)no1)Cc1ccco1. The number of carbonyl (C=O) groups is 1. The molecule has 0 spiro atoms. The van der Waals surface area contributed by atoms with E-state index in [9.17, 15) is 14.9 Å². The van der Waals surface area contributed by atoms with Gasteiger partial charge in [0, 0.05) is 30.7 Å². The van der Waals surface area contributed by atoms with Crippen molar-refractivity contribution >= 4 is 11.6 Å². The molecule has 2 aromatic heterocycles. The van der Waals surface area contributed by atoms with Crippen LogP contribution in [-0.2, 0) is 29.1 Å². The summed E-state index contributed by atoms with van der Waals surface area (Å²) in [5.74, 6) is 0.989. The molecule has 1 amide bonds. The second-order valence-electron chi connectivity index (χ2n) is 7.44. The number of benzene rings is 2. The van der Waals surface area contributed by atoms with Crippen molar-refractivity contribution in [2.45, 2.75) is 19.6 Å². The first kappa shape index (κ1) is 22.9. The van der Waals surface area contributed by atoms with E-state index in [0.29, 0.717) is 36.8 Å². The number of hydrogen-bond donors (Lipinski definition) is 0. The number of aromatic nitrogens is 2. The van der Waals surface area contributed by atoms with Crippen molar-refractivity contribution in [2.75, 3.05) is 13.2 Å². The molecular weight excluding hydrogens is 440 g/mol. The minimum Gasteiger partial charge on any atom is -0.467 e. The number of rotatable bonds is 11. The summed E-state index contributed by atoms with van der Waals surface area (Å²) in [4.78, 5) is 29.3. The highest BCUT2D eigenvalue weighted by Gasteiger charge is 2.18. The number of ether oxygens (including phenoxy) is 1. The van der Waals surface area contributed by atoms with E-state index in [1.54, 1.807) is 35.4 Å². The number of hydrogen-bond acceptors (Lipinski definition) is 8. The van der Waals surface area contributed by atoms with E-state index in [1.165, 1.54) is 12.1 Å². The zero-order valence-electron chi connectivity index (χ0n) is 18.2. The number of nitro benzene ring substituents is 1. The fourth-order valence-corrected chi connectivity index (χ4v) is 3.27. The Morgan fingerprint density at radius 3 is 2.71 bits per heavy atom. The van der Waals surface area contributed by atoms with Crippen LogP contribution in [0.4, 0.5) is 5.69 Å². The first-order valence-electron chi connectivity index (χ1n) is 10.6. The van der Waals surface area contributed by atoms with E-state index >= 15 is 0 Å². The van der Waals surface area contributed by atoms with Gasteiger partial charge in [0.15, 0.2) is 0 Å². The van der Waals surface area contributed by atoms with Crippen molar-refractivity contribution in [1.82, 2.24) is 15.0 Å². The van der Waals surface area contributed by atoms with Gasteiger partial charge in [0.05, 0.1) is 24.3 Å². The Hall–Kier alpha value is -4.31. The van der Waals surface area contributed by atoms with E-state index in [-0.39, 0.29) is 30.6 Å². The Morgan fingerprint density at radius 2 is 1.94 bits per heavy atom. The predicted molar refractivity (Wildman–Crippen MR) is 120 cm³/mol. The van der Waals surface area contributed by atoms with Crippen molar-refractivity contribution < 1.29 is 23.4 Å². The molecule has 0 bridgehead atoms. The summed E-state index contributed by atoms with van der Waals surface area (Å²) < 4.78 is 16.3. The Kier molecular flexibility index (Phi) is 7.41. The summed E-state index contributed by atoms with van der Waals surface area (Å²) in [5.41, 5.74) is 1.39. The highest BCUT2D eigenvalue weighted by atomic mass is 16.6. The summed E-state index contributed by atoms with van der Waals surface area (Å²) >= 11 is 0. The zero-order chi connectivity index (χ0) is 23.8. The second-order valence-corrected chi connectivity index (χ2v) is 7.44. The maximum absolute atomic E-state index is 12.8. The van der Waals surface area contributed by atoms with Gasteiger partial charge in [0.2, 0.25) is 17.6 Å². The molecule has 4 rings (SSSR count). The third kappa shape index (κ3) is 6.14. The summed E-state index contributed by atoms with van der Waals surface area (Å²) in [6, 6.07) is 19.1. The number of nitrogens with zero attached hydrogens (tertiary/aromatic N) is 4. The van der Waals surface area contributed by atoms with Crippen molar-refractivity contribution in [3.05, 3.63) is 100 Å². The number of nitro groups is 1. The molecule has 10 nitrogen and oxygen atoms in total. The van der Waals surface area contributed by atoms with E-state index < -0.39 is 4.92 Å². The van der Waals surface area contributed by atoms with Crippen LogP contribution in [-0.4, -0.2) is 39.0 Å². The molecule has 0 saturated heterocycles. The number of carbonyl (C=O) groups excluding carboxylic acids is 1. The minimum atomic E-state index is -0.484. The van der Waals surface area contributed by atoms with Crippen LogP contribution in [0.25, 0.3) is 11.4 Å². The maximum Gasteiger partial charge on any atom is 0.270 e. The van der Waals surface area contributed by atoms with Gasteiger partial charge in [-0.2, -0.15) is 4.98 Å².